The van der Waals surface area contributed by atoms with Crippen molar-refractivity contribution in [3.05, 3.63) is 42.5 Å². The summed E-state index contributed by atoms with van der Waals surface area (Å²) in [4.78, 5) is 66.2. The van der Waals surface area contributed by atoms with Gasteiger partial charge in [-0.05, 0) is 93.6 Å². The molecule has 5 fully saturated rings. The Hall–Kier alpha value is -4.04. The largest absolute Gasteiger partial charge is 0.492 e. The molecule has 14 heteroatoms. The number of hydrogen-bond acceptors (Lipinski definition) is 11. The van der Waals surface area contributed by atoms with Gasteiger partial charge in [-0.3, -0.25) is 23.9 Å². The summed E-state index contributed by atoms with van der Waals surface area (Å²) in [5.41, 5.74) is -0.387. The number of ether oxygens (including phenoxy) is 3. The summed E-state index contributed by atoms with van der Waals surface area (Å²) < 4.78 is 47.2. The van der Waals surface area contributed by atoms with Crippen molar-refractivity contribution in [1.82, 2.24) is 19.5 Å². The fraction of sp³-hybridized carbons (Fsp3) is 0.688. The first kappa shape index (κ1) is 44.6. The zero-order valence-electron chi connectivity index (χ0n) is 37.3. The Labute approximate surface area is 367 Å². The van der Waals surface area contributed by atoms with Gasteiger partial charge in [0, 0.05) is 37.9 Å². The second-order valence-electron chi connectivity index (χ2n) is 20.8. The number of sulfonamides is 1. The van der Waals surface area contributed by atoms with Crippen LogP contribution in [0, 0.1) is 34.5 Å². The first-order valence-electron chi connectivity index (χ1n) is 23.1. The molecule has 0 radical (unpaired) electrons. The molecule has 0 unspecified atom stereocenters. The number of aromatic nitrogens is 1. The van der Waals surface area contributed by atoms with Gasteiger partial charge < -0.3 is 24.0 Å². The minimum Gasteiger partial charge on any atom is -0.492 e. The summed E-state index contributed by atoms with van der Waals surface area (Å²) in [7, 11) is -3.96. The van der Waals surface area contributed by atoms with Crippen LogP contribution in [0.2, 0.25) is 0 Å². The van der Waals surface area contributed by atoms with Crippen LogP contribution in [0.1, 0.15) is 117 Å². The number of nitrogens with zero attached hydrogens (tertiary/aromatic N) is 3. The number of allylic oxidation sites excluding steroid dienone is 1. The number of Topliss-reactive ketones (excluding diaryl/α,β-unsaturated/α-hetero) is 1. The van der Waals surface area contributed by atoms with E-state index in [1.54, 1.807) is 13.0 Å². The van der Waals surface area contributed by atoms with Gasteiger partial charge in [-0.2, -0.15) is 0 Å². The third-order valence-electron chi connectivity index (χ3n) is 14.7. The van der Waals surface area contributed by atoms with Crippen molar-refractivity contribution in [2.45, 2.75) is 141 Å². The van der Waals surface area contributed by atoms with Gasteiger partial charge in [0.1, 0.15) is 18.0 Å². The number of esters is 1. The Morgan fingerprint density at radius 3 is 2.52 bits per heavy atom. The minimum atomic E-state index is -3.96. The highest BCUT2D eigenvalue weighted by Gasteiger charge is 2.62. The van der Waals surface area contributed by atoms with Crippen LogP contribution in [-0.4, -0.2) is 103 Å². The van der Waals surface area contributed by atoms with Gasteiger partial charge in [0.05, 0.1) is 52.8 Å². The third kappa shape index (κ3) is 9.28. The lowest BCUT2D eigenvalue weighted by Crippen LogP contribution is -2.49. The van der Waals surface area contributed by atoms with Gasteiger partial charge in [-0.1, -0.05) is 58.7 Å². The number of carbonyl (C=O) groups excluding carboxylic acids is 4. The molecule has 1 aromatic carbocycles. The molecule has 7 atom stereocenters. The Morgan fingerprint density at radius 1 is 1.06 bits per heavy atom. The lowest BCUT2D eigenvalue weighted by molar-refractivity contribution is -0.154. The fourth-order valence-corrected chi connectivity index (χ4v) is 11.4. The van der Waals surface area contributed by atoms with E-state index in [-0.39, 0.29) is 50.0 Å². The Kier molecular flexibility index (Phi) is 12.3. The highest BCUT2D eigenvalue weighted by Crippen LogP contribution is 2.57. The summed E-state index contributed by atoms with van der Waals surface area (Å²) in [6, 6.07) is 6.89. The van der Waals surface area contributed by atoms with E-state index in [2.05, 4.69) is 23.1 Å². The highest BCUT2D eigenvalue weighted by molar-refractivity contribution is 7.91. The van der Waals surface area contributed by atoms with E-state index in [9.17, 15) is 27.6 Å². The summed E-state index contributed by atoms with van der Waals surface area (Å²) in [6.07, 6.45) is 7.79. The van der Waals surface area contributed by atoms with E-state index in [1.807, 2.05) is 45.0 Å². The summed E-state index contributed by atoms with van der Waals surface area (Å²) in [5, 5.41) is 0.906. The zero-order chi connectivity index (χ0) is 44.2. The average molecular weight is 875 g/mol. The van der Waals surface area contributed by atoms with Gasteiger partial charge >= 0.3 is 5.97 Å². The molecule has 2 bridgehead atoms. The van der Waals surface area contributed by atoms with Gasteiger partial charge in [-0.15, -0.1) is 6.58 Å². The molecule has 13 nitrogen and oxygen atoms in total. The molecule has 1 aromatic heterocycles. The number of para-hydroxylation sites is 1. The fourth-order valence-electron chi connectivity index (χ4n) is 10.1. The minimum absolute atomic E-state index is 0.0524. The molecular weight excluding hydrogens is 809 g/mol. The number of ketones is 1. The van der Waals surface area contributed by atoms with Crippen molar-refractivity contribution >= 4 is 44.5 Å². The summed E-state index contributed by atoms with van der Waals surface area (Å²) in [5.74, 6) is -0.885. The van der Waals surface area contributed by atoms with Crippen molar-refractivity contribution < 1.29 is 41.8 Å². The molecule has 62 heavy (non-hydrogen) atoms. The van der Waals surface area contributed by atoms with Crippen LogP contribution in [0.15, 0.2) is 36.9 Å². The topological polar surface area (TPSA) is 162 Å². The molecule has 0 spiro atoms. The molecule has 8 rings (SSSR count). The number of benzene rings is 1. The molecule has 2 saturated heterocycles. The molecule has 6 aliphatic rings. The first-order valence-corrected chi connectivity index (χ1v) is 24.5. The van der Waals surface area contributed by atoms with E-state index in [0.29, 0.717) is 37.7 Å². The van der Waals surface area contributed by atoms with E-state index < -0.39 is 61.5 Å². The van der Waals surface area contributed by atoms with Gasteiger partial charge in [-0.25, -0.2) is 13.4 Å². The molecule has 2 aromatic rings. The van der Waals surface area contributed by atoms with Crippen LogP contribution in [0.3, 0.4) is 0 Å². The molecule has 4 heterocycles. The SMILES string of the molecule is C=C[C@@H]1C[C@]1(CC(=O)[C@@H]1C[C@@H]2CN1C(=O)[C@H](C(C)(C)C)CC(=O)O[C@@H]1C[C@H]1CCCCCc1c(nc3ccccc3c1OCCCN1CC(C)C1)O2)C(=O)NS(=O)(=O)C1(C)CC1. The molecule has 338 valence electrons. The van der Waals surface area contributed by atoms with Crippen LogP contribution >= 0.6 is 0 Å². The van der Waals surface area contributed by atoms with Crippen molar-refractivity contribution in [3.63, 3.8) is 0 Å². The predicted molar refractivity (Wildman–Crippen MR) is 235 cm³/mol. The number of rotatable bonds is 12. The maximum Gasteiger partial charge on any atom is 0.306 e. The second-order valence-corrected chi connectivity index (χ2v) is 23.0. The van der Waals surface area contributed by atoms with Crippen molar-refractivity contribution in [2.24, 2.45) is 34.5 Å². The number of nitrogens with one attached hydrogen (secondary N) is 1. The predicted octanol–water partition coefficient (Wildman–Crippen LogP) is 6.55. The molecule has 3 aliphatic heterocycles. The first-order chi connectivity index (χ1) is 29.4. The van der Waals surface area contributed by atoms with Crippen LogP contribution in [-0.2, 0) is 40.4 Å². The van der Waals surface area contributed by atoms with E-state index in [0.717, 1.165) is 86.3 Å². The van der Waals surface area contributed by atoms with Crippen LogP contribution < -0.4 is 14.2 Å². The number of likely N-dealkylation sites (tertiary alicyclic amines) is 1. The Morgan fingerprint density at radius 2 is 1.82 bits per heavy atom. The smallest absolute Gasteiger partial charge is 0.306 e. The van der Waals surface area contributed by atoms with Crippen LogP contribution in [0.5, 0.6) is 11.6 Å². The van der Waals surface area contributed by atoms with Crippen LogP contribution in [0.25, 0.3) is 10.9 Å². The molecule has 3 aliphatic carbocycles. The van der Waals surface area contributed by atoms with Gasteiger partial charge in [0.15, 0.2) is 5.78 Å². The van der Waals surface area contributed by atoms with Crippen molar-refractivity contribution in [2.75, 3.05) is 32.8 Å². The Bertz CT molecular complexity index is 2190. The summed E-state index contributed by atoms with van der Waals surface area (Å²) >= 11 is 0. The standard InChI is InChI=1S/C48H66N4O9S/c1-7-32-25-48(32,45(56)50-62(57,58)47(6)18-19-47)26-39(53)38-23-33-29-52(38)44(55)36(46(3,4)5)24-41(54)61-40-22-31(40)14-9-8-10-16-35-42(59-21-13-20-51-27-30(2)28-51)34-15-11-12-17-37(34)49-43(35)60-33/h7,11-12,15,17,30-33,36,38,40H,1,8-10,13-14,16,18-29H2,2-6H3,(H,50,56)/t31-,32-,33-,36-,38+,40-,48-/m1/s1. The maximum absolute atomic E-state index is 14.9. The van der Waals surface area contributed by atoms with E-state index in [4.69, 9.17) is 19.2 Å². The lowest BCUT2D eigenvalue weighted by atomic mass is 9.77. The van der Waals surface area contributed by atoms with Crippen molar-refractivity contribution in [1.29, 1.82) is 0 Å². The molecule has 1 N–H and O–H groups in total. The quantitative estimate of drug-likeness (QED) is 0.140. The third-order valence-corrected chi connectivity index (χ3v) is 16.8. The molecule has 3 saturated carbocycles. The lowest BCUT2D eigenvalue weighted by Gasteiger charge is -2.37. The number of amides is 2. The van der Waals surface area contributed by atoms with Gasteiger partial charge in [0.2, 0.25) is 27.7 Å². The van der Waals surface area contributed by atoms with E-state index >= 15 is 0 Å². The second kappa shape index (κ2) is 17.2. The molecular formula is C48H66N4O9S. The summed E-state index contributed by atoms with van der Waals surface area (Å²) in [6.45, 7) is 17.3. The zero-order valence-corrected chi connectivity index (χ0v) is 38.1. The van der Waals surface area contributed by atoms with Crippen molar-refractivity contribution in [3.8, 4) is 11.6 Å². The van der Waals surface area contributed by atoms with Gasteiger partial charge in [0.25, 0.3) is 0 Å². The number of pyridine rings is 1. The van der Waals surface area contributed by atoms with E-state index in [1.165, 1.54) is 4.90 Å². The normalized spacial score (nSPS) is 30.4. The number of carbonyl (C=O) groups is 4. The Balaban J connectivity index is 1.12. The highest BCUT2D eigenvalue weighted by atomic mass is 32.2. The van der Waals surface area contributed by atoms with Crippen LogP contribution in [0.4, 0.5) is 0 Å². The average Bonchev–Trinajstić information content (AvgIpc) is 4.16. The monoisotopic (exact) mass is 874 g/mol. The number of fused-ring (bicyclic) bond motifs is 5. The molecule has 2 amide bonds. The maximum atomic E-state index is 14.9. The number of hydrogen-bond donors (Lipinski definition) is 1.